The Morgan fingerprint density at radius 3 is 2.05 bits per heavy atom. The number of rotatable bonds is 13. The summed E-state index contributed by atoms with van der Waals surface area (Å²) in [6.45, 7) is 3.85. The van der Waals surface area contributed by atoms with Crippen LogP contribution >= 0.6 is 0 Å². The van der Waals surface area contributed by atoms with E-state index in [1.165, 1.54) is 14.0 Å². The molecule has 0 spiro atoms. The molecule has 37 heavy (non-hydrogen) atoms. The predicted molar refractivity (Wildman–Crippen MR) is 119 cm³/mol. The molecule has 10 atom stereocenters. The largest absolute Gasteiger partial charge is 0.726 e. The van der Waals surface area contributed by atoms with Crippen molar-refractivity contribution in [1.29, 1.82) is 0 Å². The van der Waals surface area contributed by atoms with Crippen LogP contribution in [0.5, 0.6) is 0 Å². The molecule has 0 aromatic carbocycles. The Morgan fingerprint density at radius 1 is 0.892 bits per heavy atom. The monoisotopic (exact) mass is 576 g/mol. The molecule has 2 rings (SSSR count). The van der Waals surface area contributed by atoms with Crippen molar-refractivity contribution in [1.82, 2.24) is 0 Å². The molecule has 15 nitrogen and oxygen atoms in total. The SMILES string of the molecule is CC[C@H]1OC(COS(=O)(=O)[O-])[C@@H](COC[C@@H]2OC(C(=O)[O-])[C@@H](COC)[C@@H](C)C2OS(=O)(=O)[O-])[C@@H](C)C1N. The lowest BCUT2D eigenvalue weighted by molar-refractivity contribution is -0.329. The summed E-state index contributed by atoms with van der Waals surface area (Å²) in [6, 6.07) is -0.455. The van der Waals surface area contributed by atoms with Gasteiger partial charge < -0.3 is 43.7 Å². The summed E-state index contributed by atoms with van der Waals surface area (Å²) in [5.41, 5.74) is 6.26. The van der Waals surface area contributed by atoms with Crippen molar-refractivity contribution in [3.8, 4) is 0 Å². The zero-order valence-electron chi connectivity index (χ0n) is 20.9. The summed E-state index contributed by atoms with van der Waals surface area (Å²) in [4.78, 5) is 11.7. The lowest BCUT2D eigenvalue weighted by Gasteiger charge is -2.46. The van der Waals surface area contributed by atoms with Gasteiger partial charge in [0.1, 0.15) is 18.3 Å². The predicted octanol–water partition coefficient (Wildman–Crippen LogP) is -2.50. The molecule has 218 valence electrons. The van der Waals surface area contributed by atoms with Crippen LogP contribution in [0.2, 0.25) is 0 Å². The van der Waals surface area contributed by atoms with Crippen LogP contribution in [-0.2, 0) is 52.9 Å². The number of hydrogen-bond acceptors (Lipinski definition) is 15. The molecule has 0 bridgehead atoms. The second kappa shape index (κ2) is 13.4. The van der Waals surface area contributed by atoms with Gasteiger partial charge in [-0.05, 0) is 18.3 Å². The van der Waals surface area contributed by atoms with Crippen LogP contribution in [-0.4, -0.2) is 102 Å². The molecule has 0 saturated carbocycles. The molecular weight excluding hydrogens is 542 g/mol. The fourth-order valence-corrected chi connectivity index (χ4v) is 5.82. The molecule has 2 aliphatic rings. The first kappa shape index (κ1) is 32.2. The smallest absolute Gasteiger partial charge is 0.218 e. The molecule has 0 aromatic rings. The summed E-state index contributed by atoms with van der Waals surface area (Å²) in [6.07, 6.45) is -5.00. The average Bonchev–Trinajstić information content (AvgIpc) is 2.78. The third-order valence-corrected chi connectivity index (χ3v) is 7.88. The van der Waals surface area contributed by atoms with E-state index in [0.29, 0.717) is 6.42 Å². The molecular formula is C20H34NO14S2-3. The topological polar surface area (TPSA) is 236 Å². The van der Waals surface area contributed by atoms with Crippen LogP contribution < -0.4 is 10.8 Å². The van der Waals surface area contributed by atoms with Crippen LogP contribution in [0.4, 0.5) is 0 Å². The van der Waals surface area contributed by atoms with E-state index in [4.69, 9.17) is 28.9 Å². The zero-order valence-corrected chi connectivity index (χ0v) is 22.6. The summed E-state index contributed by atoms with van der Waals surface area (Å²) in [5.74, 6) is -4.13. The first-order valence-electron chi connectivity index (χ1n) is 11.7. The molecule has 0 aromatic heterocycles. The number of aliphatic carboxylic acids is 1. The maximum Gasteiger partial charge on any atom is 0.218 e. The van der Waals surface area contributed by atoms with Gasteiger partial charge in [-0.1, -0.05) is 20.8 Å². The Kier molecular flexibility index (Phi) is 11.7. The highest BCUT2D eigenvalue weighted by Gasteiger charge is 2.47. The van der Waals surface area contributed by atoms with Crippen LogP contribution in [0.1, 0.15) is 27.2 Å². The van der Waals surface area contributed by atoms with Crippen molar-refractivity contribution < 1.29 is 63.2 Å². The Bertz CT molecular complexity index is 960. The van der Waals surface area contributed by atoms with Gasteiger partial charge in [0.15, 0.2) is 0 Å². The molecule has 17 heteroatoms. The number of nitrogens with two attached hydrogens (primary N) is 1. The highest BCUT2D eigenvalue weighted by Crippen LogP contribution is 2.35. The van der Waals surface area contributed by atoms with Crippen molar-refractivity contribution in [2.45, 2.75) is 63.8 Å². The molecule has 2 saturated heterocycles. The van der Waals surface area contributed by atoms with Crippen molar-refractivity contribution in [2.75, 3.05) is 33.5 Å². The van der Waals surface area contributed by atoms with Crippen LogP contribution in [0, 0.1) is 23.7 Å². The number of carbonyl (C=O) groups is 1. The minimum Gasteiger partial charge on any atom is -0.726 e. The molecule has 0 radical (unpaired) electrons. The third-order valence-electron chi connectivity index (χ3n) is 7.00. The Morgan fingerprint density at radius 2 is 1.54 bits per heavy atom. The van der Waals surface area contributed by atoms with Gasteiger partial charge in [0.2, 0.25) is 20.8 Å². The van der Waals surface area contributed by atoms with E-state index in [9.17, 15) is 35.8 Å². The van der Waals surface area contributed by atoms with Crippen LogP contribution in [0.15, 0.2) is 0 Å². The first-order chi connectivity index (χ1) is 17.1. The van der Waals surface area contributed by atoms with Crippen molar-refractivity contribution in [2.24, 2.45) is 29.4 Å². The maximum absolute atomic E-state index is 11.7. The number of carbonyl (C=O) groups excluding carboxylic acids is 1. The second-order valence-corrected chi connectivity index (χ2v) is 11.4. The summed E-state index contributed by atoms with van der Waals surface area (Å²) < 4.78 is 98.3. The van der Waals surface area contributed by atoms with E-state index in [0.717, 1.165) is 0 Å². The van der Waals surface area contributed by atoms with Crippen molar-refractivity contribution in [3.63, 3.8) is 0 Å². The standard InChI is InChI=1S/C20H37NO14S2/c1-5-14-17(21)10(2)12(15(33-14)9-32-36(24,25)26)7-31-8-16-18(35-37(27,28)29)11(3)13(6-30-4)19(34-16)20(22)23/h10-19H,5-9,21H2,1-4H3,(H,22,23)(H,24,25,26)(H,27,28,29)/p-3/t10-,11-,12+,13+,14-,15?,16+,17?,18?,19?/m1/s1. The highest BCUT2D eigenvalue weighted by molar-refractivity contribution is 7.81. The first-order valence-corrected chi connectivity index (χ1v) is 14.3. The highest BCUT2D eigenvalue weighted by atomic mass is 32.3. The summed E-state index contributed by atoms with van der Waals surface area (Å²) >= 11 is 0. The fourth-order valence-electron chi connectivity index (χ4n) is 4.95. The lowest BCUT2D eigenvalue weighted by atomic mass is 9.79. The molecule has 4 unspecified atom stereocenters. The number of hydrogen-bond donors (Lipinski definition) is 1. The zero-order chi connectivity index (χ0) is 28.1. The van der Waals surface area contributed by atoms with Crippen LogP contribution in [0.25, 0.3) is 0 Å². The van der Waals surface area contributed by atoms with Gasteiger partial charge in [-0.3, -0.25) is 8.37 Å². The van der Waals surface area contributed by atoms with Gasteiger partial charge in [0.25, 0.3) is 0 Å². The second-order valence-electron chi connectivity index (χ2n) is 9.31. The lowest BCUT2D eigenvalue weighted by Crippen LogP contribution is -2.59. The number of ether oxygens (including phenoxy) is 4. The van der Waals surface area contributed by atoms with E-state index in [1.54, 1.807) is 6.92 Å². The van der Waals surface area contributed by atoms with Gasteiger partial charge >= 0.3 is 0 Å². The fraction of sp³-hybridized carbons (Fsp3) is 0.950. The van der Waals surface area contributed by atoms with Gasteiger partial charge in [0.05, 0.1) is 44.6 Å². The van der Waals surface area contributed by atoms with E-state index < -0.39 is 94.3 Å². The van der Waals surface area contributed by atoms with Gasteiger partial charge in [-0.2, -0.15) is 0 Å². The molecule has 0 amide bonds. The van der Waals surface area contributed by atoms with Crippen LogP contribution in [0.3, 0.4) is 0 Å². The molecule has 2 N–H and O–H groups in total. The average molecular weight is 577 g/mol. The molecule has 0 aliphatic carbocycles. The van der Waals surface area contributed by atoms with E-state index in [-0.39, 0.29) is 19.1 Å². The van der Waals surface area contributed by atoms with E-state index in [1.807, 2.05) is 6.92 Å². The maximum atomic E-state index is 11.7. The molecule has 2 heterocycles. The van der Waals surface area contributed by atoms with Crippen molar-refractivity contribution >= 4 is 26.8 Å². The third kappa shape index (κ3) is 9.03. The van der Waals surface area contributed by atoms with Gasteiger partial charge in [-0.25, -0.2) is 16.8 Å². The number of methoxy groups -OCH3 is 1. The normalized spacial score (nSPS) is 37.4. The number of carboxylic acid groups (broad SMARTS) is 1. The minimum atomic E-state index is -5.20. The molecule has 2 aliphatic heterocycles. The number of carboxylic acids is 1. The van der Waals surface area contributed by atoms with Gasteiger partial charge in [0, 0.05) is 25.0 Å². The summed E-state index contributed by atoms with van der Waals surface area (Å²) in [7, 11) is -8.87. The van der Waals surface area contributed by atoms with Crippen molar-refractivity contribution in [3.05, 3.63) is 0 Å². The van der Waals surface area contributed by atoms with E-state index in [2.05, 4.69) is 4.18 Å². The molecule has 2 fully saturated rings. The Labute approximate surface area is 216 Å². The van der Waals surface area contributed by atoms with E-state index >= 15 is 0 Å². The Balaban J connectivity index is 2.20. The quantitative estimate of drug-likeness (QED) is 0.176. The van der Waals surface area contributed by atoms with Gasteiger partial charge in [-0.15, -0.1) is 0 Å². The Hall–Kier alpha value is -0.990. The summed E-state index contributed by atoms with van der Waals surface area (Å²) in [5, 5.41) is 11.7. The minimum absolute atomic E-state index is 0.135.